The Morgan fingerprint density at radius 2 is 1.47 bits per heavy atom. The van der Waals surface area contributed by atoms with E-state index in [4.69, 9.17) is 0 Å². The summed E-state index contributed by atoms with van der Waals surface area (Å²) < 4.78 is 30.6. The Kier molecular flexibility index (Phi) is 12.2. The van der Waals surface area contributed by atoms with Crippen LogP contribution in [0.15, 0.2) is 12.7 Å². The number of fused-ring (bicyclic) bond motifs is 1. The van der Waals surface area contributed by atoms with Gasteiger partial charge in [-0.3, -0.25) is 28.9 Å². The van der Waals surface area contributed by atoms with Gasteiger partial charge in [-0.1, -0.05) is 79.2 Å². The molecule has 336 valence electrons. The molecule has 2 heterocycles. The first kappa shape index (κ1) is 45.0. The van der Waals surface area contributed by atoms with Gasteiger partial charge in [0.25, 0.3) is 5.91 Å². The Balaban J connectivity index is 1.14. The van der Waals surface area contributed by atoms with Crippen molar-refractivity contribution in [2.75, 3.05) is 13.1 Å². The molecule has 7 atom stereocenters. The maximum absolute atomic E-state index is 15.3. The molecule has 0 radical (unpaired) electrons. The number of carbonyl (C=O) groups excluding carboxylic acids is 5. The van der Waals surface area contributed by atoms with Gasteiger partial charge in [-0.2, -0.15) is 13.1 Å². The Labute approximate surface area is 358 Å². The van der Waals surface area contributed by atoms with Crippen molar-refractivity contribution >= 4 is 39.7 Å². The van der Waals surface area contributed by atoms with Crippen LogP contribution in [0.3, 0.4) is 0 Å². The molecular formula is C45H73N7O7S. The average Bonchev–Trinajstić information content (AvgIpc) is 3.88. The van der Waals surface area contributed by atoms with Gasteiger partial charge in [-0.05, 0) is 107 Å². The molecule has 0 aromatic rings. The molecule has 0 unspecified atom stereocenters. The lowest BCUT2D eigenvalue weighted by atomic mass is 9.73. The summed E-state index contributed by atoms with van der Waals surface area (Å²) in [6.07, 6.45) is 14.8. The van der Waals surface area contributed by atoms with Gasteiger partial charge in [0.1, 0.15) is 23.7 Å². The van der Waals surface area contributed by atoms with Crippen molar-refractivity contribution in [1.29, 1.82) is 0 Å². The summed E-state index contributed by atoms with van der Waals surface area (Å²) in [7, 11) is -4.17. The van der Waals surface area contributed by atoms with E-state index < -0.39 is 57.0 Å². The van der Waals surface area contributed by atoms with Crippen molar-refractivity contribution in [2.24, 2.45) is 33.5 Å². The molecule has 5 N–H and O–H groups in total. The second-order valence-corrected chi connectivity index (χ2v) is 23.0. The highest BCUT2D eigenvalue weighted by Gasteiger charge is 2.85. The van der Waals surface area contributed by atoms with E-state index in [1.165, 1.54) is 0 Å². The smallest absolute Gasteiger partial charge is 0.301 e. The normalized spacial score (nSPS) is 32.3. The van der Waals surface area contributed by atoms with E-state index in [0.29, 0.717) is 25.8 Å². The number of hydrogen-bond acceptors (Lipinski definition) is 8. The second-order valence-electron chi connectivity index (χ2n) is 21.6. The monoisotopic (exact) mass is 856 g/mol. The molecule has 5 amide bonds. The fraction of sp³-hybridized carbons (Fsp3) is 0.844. The number of carbonyl (C=O) groups is 5. The predicted octanol–water partition coefficient (Wildman–Crippen LogP) is 4.21. The number of likely N-dealkylation sites (tertiary alicyclic amines) is 2. The minimum absolute atomic E-state index is 0.0209. The van der Waals surface area contributed by atoms with Crippen LogP contribution in [-0.2, 0) is 34.2 Å². The molecule has 7 aliphatic rings. The van der Waals surface area contributed by atoms with Crippen molar-refractivity contribution in [3.63, 3.8) is 0 Å². The number of nitrogens with one attached hydrogen (secondary N) is 5. The molecule has 2 aliphatic heterocycles. The zero-order valence-corrected chi connectivity index (χ0v) is 38.1. The first-order valence-corrected chi connectivity index (χ1v) is 24.6. The summed E-state index contributed by atoms with van der Waals surface area (Å²) in [5.41, 5.74) is -2.81. The van der Waals surface area contributed by atoms with Crippen LogP contribution in [0.5, 0.6) is 0 Å². The molecular weight excluding hydrogens is 783 g/mol. The number of nitrogens with zero attached hydrogens (tertiary/aromatic N) is 2. The minimum Gasteiger partial charge on any atom is -0.343 e. The predicted molar refractivity (Wildman–Crippen MR) is 229 cm³/mol. The third kappa shape index (κ3) is 7.83. The third-order valence-corrected chi connectivity index (χ3v) is 17.8. The fourth-order valence-corrected chi connectivity index (χ4v) is 13.6. The number of amides is 5. The van der Waals surface area contributed by atoms with Crippen molar-refractivity contribution in [3.05, 3.63) is 12.7 Å². The highest BCUT2D eigenvalue weighted by molar-refractivity contribution is 7.88. The third-order valence-electron chi connectivity index (χ3n) is 16.7. The van der Waals surface area contributed by atoms with Gasteiger partial charge < -0.3 is 20.9 Å². The van der Waals surface area contributed by atoms with Crippen LogP contribution in [0.2, 0.25) is 0 Å². The van der Waals surface area contributed by atoms with E-state index in [-0.39, 0.29) is 64.4 Å². The molecule has 0 aromatic heterocycles. The molecule has 7 rings (SSSR count). The highest BCUT2D eigenvalue weighted by Crippen LogP contribution is 2.88. The number of piperidine rings is 1. The van der Waals surface area contributed by atoms with Gasteiger partial charge in [-0.25, -0.2) is 4.72 Å². The highest BCUT2D eigenvalue weighted by atomic mass is 32.2. The van der Waals surface area contributed by atoms with Gasteiger partial charge in [0.15, 0.2) is 0 Å². The fourth-order valence-electron chi connectivity index (χ4n) is 12.4. The summed E-state index contributed by atoms with van der Waals surface area (Å²) in [5.74, 6) is -2.82. The van der Waals surface area contributed by atoms with E-state index in [1.807, 2.05) is 20.8 Å². The zero-order valence-electron chi connectivity index (χ0n) is 37.3. The molecule has 14 nitrogen and oxygen atoms in total. The van der Waals surface area contributed by atoms with Gasteiger partial charge >= 0.3 is 10.2 Å². The first-order chi connectivity index (χ1) is 28.1. The largest absolute Gasteiger partial charge is 0.343 e. The quantitative estimate of drug-likeness (QED) is 0.161. The summed E-state index contributed by atoms with van der Waals surface area (Å²) in [6, 6.07) is -3.17. The summed E-state index contributed by atoms with van der Waals surface area (Å²) in [5, 5.41) is 9.31. The second kappa shape index (κ2) is 16.3. The molecule has 0 aromatic carbocycles. The van der Waals surface area contributed by atoms with Gasteiger partial charge in [0.2, 0.25) is 23.6 Å². The maximum Gasteiger partial charge on any atom is 0.301 e. The number of rotatable bonds is 14. The van der Waals surface area contributed by atoms with Gasteiger partial charge in [0, 0.05) is 30.0 Å². The van der Waals surface area contributed by atoms with Crippen LogP contribution in [0.25, 0.3) is 0 Å². The van der Waals surface area contributed by atoms with Crippen molar-refractivity contribution in [2.45, 2.75) is 193 Å². The van der Waals surface area contributed by atoms with E-state index in [1.54, 1.807) is 11.0 Å². The van der Waals surface area contributed by atoms with E-state index in [9.17, 15) is 27.6 Å². The molecule has 15 heteroatoms. The van der Waals surface area contributed by atoms with Crippen molar-refractivity contribution < 1.29 is 32.4 Å². The number of hydrogen-bond donors (Lipinski definition) is 5. The van der Waals surface area contributed by atoms with E-state index >= 15 is 4.79 Å². The van der Waals surface area contributed by atoms with Gasteiger partial charge in [0.05, 0.1) is 6.04 Å². The van der Waals surface area contributed by atoms with Crippen LogP contribution < -0.4 is 25.4 Å². The molecule has 5 aliphatic carbocycles. The Morgan fingerprint density at radius 1 is 0.800 bits per heavy atom. The van der Waals surface area contributed by atoms with Crippen molar-refractivity contribution in [3.8, 4) is 0 Å². The summed E-state index contributed by atoms with van der Waals surface area (Å²) in [4.78, 5) is 76.5. The topological polar surface area (TPSA) is 186 Å². The zero-order chi connectivity index (χ0) is 43.6. The molecule has 60 heavy (non-hydrogen) atoms. The Morgan fingerprint density at radius 3 is 2.00 bits per heavy atom. The minimum atomic E-state index is -4.17. The lowest BCUT2D eigenvalue weighted by Gasteiger charge is -2.40. The molecule has 5 saturated carbocycles. The lowest BCUT2D eigenvalue weighted by molar-refractivity contribution is -0.145. The van der Waals surface area contributed by atoms with Crippen LogP contribution >= 0.6 is 0 Å². The SMILES string of the molecule is C=C[C@@H]1C[C@]1(NC(=O)[C@@H]1C[C@@]2(CN1C(=O)[C@@H](NC(=O)[C@@H](NC(=O)[C@@H]1CCCCN1C(C)C)C1CCCCC1)C(C)(C)C)C(C)(C)C21CCC1)C(=O)NS(=O)(=O)NC1CCC1. The molecule has 7 fully saturated rings. The average molecular weight is 856 g/mol. The van der Waals surface area contributed by atoms with Crippen LogP contribution in [0, 0.1) is 33.5 Å². The lowest BCUT2D eigenvalue weighted by Crippen LogP contribution is -2.63. The molecule has 2 saturated heterocycles. The van der Waals surface area contributed by atoms with E-state index in [2.05, 4.69) is 64.6 Å². The van der Waals surface area contributed by atoms with Gasteiger partial charge in [-0.15, -0.1) is 6.58 Å². The Bertz CT molecular complexity index is 1830. The molecule has 2 spiro atoms. The van der Waals surface area contributed by atoms with Crippen LogP contribution in [-0.4, -0.2) is 103 Å². The summed E-state index contributed by atoms with van der Waals surface area (Å²) >= 11 is 0. The molecule has 0 bridgehead atoms. The first-order valence-electron chi connectivity index (χ1n) is 23.1. The van der Waals surface area contributed by atoms with Crippen molar-refractivity contribution in [1.82, 2.24) is 35.2 Å². The maximum atomic E-state index is 15.3. The summed E-state index contributed by atoms with van der Waals surface area (Å²) in [6.45, 7) is 19.4. The van der Waals surface area contributed by atoms with E-state index in [0.717, 1.165) is 83.6 Å². The van der Waals surface area contributed by atoms with Crippen LogP contribution in [0.4, 0.5) is 0 Å². The van der Waals surface area contributed by atoms with Crippen LogP contribution in [0.1, 0.15) is 151 Å². The standard InChI is InChI=1S/C45H73N7O7S/c1-9-30-25-45(30,40(57)50-60(58,59)49-31-19-15-20-31)48-37(54)33-26-44(42(7,8)43(44)22-16-23-43)27-52(33)39(56)35(41(4,5)6)47-38(55)34(29-17-11-10-12-18-29)46-36(53)32-21-13-14-24-51(32)28(2)3/h9,28-35,49H,1,10-27H2,2-8H3,(H,46,53)(H,47,55)(H,48,54)(H,50,57)/t30-,32+,33+,34+,35-,44-,45-/m1/s1. The Hall–Kier alpha value is -3.04.